The number of piperazine rings is 1. The number of aromatic nitrogens is 1. The number of anilines is 2. The van der Waals surface area contributed by atoms with E-state index in [2.05, 4.69) is 15.6 Å². The molecule has 2 saturated heterocycles. The van der Waals surface area contributed by atoms with Crippen LogP contribution in [-0.2, 0) is 20.7 Å². The first-order chi connectivity index (χ1) is 21.4. The third-order valence-corrected chi connectivity index (χ3v) is 10.8. The molecule has 5 rings (SSSR count). The van der Waals surface area contributed by atoms with Gasteiger partial charge in [0.25, 0.3) is 5.92 Å². The minimum absolute atomic E-state index is 0.0679. The summed E-state index contributed by atoms with van der Waals surface area (Å²) in [6.45, 7) is 1.75. The molecule has 1 aromatic heterocycles. The van der Waals surface area contributed by atoms with Crippen LogP contribution in [0, 0.1) is 5.92 Å². The summed E-state index contributed by atoms with van der Waals surface area (Å²) < 4.78 is 59.6. The summed E-state index contributed by atoms with van der Waals surface area (Å²) in [4.78, 5) is 31.7. The number of sulfonamides is 1. The van der Waals surface area contributed by atoms with Gasteiger partial charge in [-0.25, -0.2) is 27.0 Å². The molecular formula is C29H39ClF2N8O4S. The number of benzene rings is 1. The number of alkyl halides is 2. The largest absolute Gasteiger partial charge is 0.354 e. The monoisotopic (exact) mass is 668 g/mol. The second-order valence-corrected chi connectivity index (χ2v) is 14.1. The average Bonchev–Trinajstić information content (AvgIpc) is 3.37. The Hall–Kier alpha value is -3.11. The number of nitrogens with zero attached hydrogens (tertiary/aromatic N) is 4. The third kappa shape index (κ3) is 7.49. The number of urea groups is 1. The second-order valence-electron chi connectivity index (χ2n) is 11.8. The van der Waals surface area contributed by atoms with E-state index >= 15 is 8.78 Å². The summed E-state index contributed by atoms with van der Waals surface area (Å²) in [5.74, 6) is -3.94. The van der Waals surface area contributed by atoms with Crippen molar-refractivity contribution in [3.05, 3.63) is 47.1 Å². The van der Waals surface area contributed by atoms with E-state index in [4.69, 9.17) is 23.1 Å². The van der Waals surface area contributed by atoms with Crippen molar-refractivity contribution in [2.24, 2.45) is 17.4 Å². The Morgan fingerprint density at radius 2 is 1.73 bits per heavy atom. The molecule has 1 atom stereocenters. The van der Waals surface area contributed by atoms with Gasteiger partial charge in [-0.3, -0.25) is 4.79 Å². The van der Waals surface area contributed by atoms with Crippen LogP contribution in [0.15, 0.2) is 41.3 Å². The third-order valence-electron chi connectivity index (χ3n) is 8.67. The van der Waals surface area contributed by atoms with Gasteiger partial charge in [-0.05, 0) is 62.1 Å². The summed E-state index contributed by atoms with van der Waals surface area (Å²) in [5.41, 5.74) is 11.6. The van der Waals surface area contributed by atoms with Gasteiger partial charge in [0.2, 0.25) is 15.9 Å². The zero-order chi connectivity index (χ0) is 32.4. The molecule has 2 aromatic rings. The fourth-order valence-corrected chi connectivity index (χ4v) is 7.81. The Morgan fingerprint density at radius 1 is 1.07 bits per heavy atom. The van der Waals surface area contributed by atoms with Gasteiger partial charge in [-0.2, -0.15) is 4.31 Å². The molecule has 246 valence electrons. The molecule has 6 N–H and O–H groups in total. The number of hydrogen-bond donors (Lipinski definition) is 4. The lowest BCUT2D eigenvalue weighted by atomic mass is 9.80. The maximum absolute atomic E-state index is 15.8. The van der Waals surface area contributed by atoms with E-state index in [-0.39, 0.29) is 90.9 Å². The van der Waals surface area contributed by atoms with Crippen LogP contribution in [0.3, 0.4) is 0 Å². The van der Waals surface area contributed by atoms with Gasteiger partial charge >= 0.3 is 6.03 Å². The molecule has 2 aliphatic heterocycles. The number of carbonyl (C=O) groups is 2. The van der Waals surface area contributed by atoms with Gasteiger partial charge in [0.05, 0.1) is 4.90 Å². The minimum atomic E-state index is -3.83. The molecule has 3 fully saturated rings. The zero-order valence-corrected chi connectivity index (χ0v) is 26.4. The molecule has 1 aliphatic carbocycles. The lowest BCUT2D eigenvalue weighted by molar-refractivity contribution is -0.117. The first-order valence-corrected chi connectivity index (χ1v) is 16.9. The number of nitrogens with one attached hydrogen (secondary N) is 2. The van der Waals surface area contributed by atoms with Crippen LogP contribution in [0.2, 0.25) is 5.15 Å². The maximum Gasteiger partial charge on any atom is 0.315 e. The number of carbonyl (C=O) groups excluding carboxylic acids is 2. The number of pyridine rings is 1. The molecule has 16 heteroatoms. The quantitative estimate of drug-likeness (QED) is 0.295. The van der Waals surface area contributed by atoms with Gasteiger partial charge in [0, 0.05) is 81.5 Å². The first-order valence-electron chi connectivity index (χ1n) is 15.1. The Labute approximate surface area is 266 Å². The fourth-order valence-electron chi connectivity index (χ4n) is 6.19. The van der Waals surface area contributed by atoms with Gasteiger partial charge in [0.1, 0.15) is 11.0 Å². The van der Waals surface area contributed by atoms with E-state index in [1.54, 1.807) is 21.9 Å². The molecule has 1 saturated carbocycles. The van der Waals surface area contributed by atoms with Crippen molar-refractivity contribution >= 4 is 45.1 Å². The second kappa shape index (κ2) is 13.7. The zero-order valence-electron chi connectivity index (χ0n) is 24.8. The van der Waals surface area contributed by atoms with Crippen LogP contribution in [-0.4, -0.2) is 87.5 Å². The molecule has 45 heavy (non-hydrogen) atoms. The molecule has 0 bridgehead atoms. The molecular weight excluding hydrogens is 630 g/mol. The van der Waals surface area contributed by atoms with Crippen LogP contribution in [0.4, 0.5) is 25.1 Å². The molecule has 3 amide bonds. The summed E-state index contributed by atoms with van der Waals surface area (Å²) >= 11 is 6.22. The van der Waals surface area contributed by atoms with Gasteiger partial charge < -0.3 is 31.9 Å². The van der Waals surface area contributed by atoms with E-state index in [0.29, 0.717) is 38.2 Å². The first kappa shape index (κ1) is 33.3. The molecule has 12 nitrogen and oxygen atoms in total. The summed E-state index contributed by atoms with van der Waals surface area (Å²) in [6, 6.07) is 7.87. The van der Waals surface area contributed by atoms with Crippen molar-refractivity contribution in [1.29, 1.82) is 0 Å². The van der Waals surface area contributed by atoms with Crippen LogP contribution >= 0.6 is 11.6 Å². The number of hydrogen-bond acceptors (Lipinski definition) is 8. The van der Waals surface area contributed by atoms with E-state index in [9.17, 15) is 18.0 Å². The molecule has 0 unspecified atom stereocenters. The van der Waals surface area contributed by atoms with Gasteiger partial charge in [-0.15, -0.1) is 0 Å². The SMILES string of the molecule is NCCNC(=O)NC1CCC(C(F)(F)c2cc(Cl)nc(N3CCN(S(=O)(=O)c4ccc(N5C[C@H](N)CC5=O)cc4)CC3)c2)CC1. The van der Waals surface area contributed by atoms with Gasteiger partial charge in [-0.1, -0.05) is 11.6 Å². The van der Waals surface area contributed by atoms with Crippen LogP contribution in [0.5, 0.6) is 0 Å². The van der Waals surface area contributed by atoms with Crippen LogP contribution < -0.4 is 31.9 Å². The van der Waals surface area contributed by atoms with Crippen molar-refractivity contribution in [2.45, 2.75) is 55.0 Å². The molecule has 3 heterocycles. The Balaban J connectivity index is 1.20. The Kier molecular flexibility index (Phi) is 10.1. The van der Waals surface area contributed by atoms with Crippen molar-refractivity contribution in [3.8, 4) is 0 Å². The molecule has 1 aromatic carbocycles. The lowest BCUT2D eigenvalue weighted by Gasteiger charge is -2.36. The van der Waals surface area contributed by atoms with E-state index in [0.717, 1.165) is 0 Å². The number of amides is 3. The highest BCUT2D eigenvalue weighted by molar-refractivity contribution is 7.89. The van der Waals surface area contributed by atoms with Crippen molar-refractivity contribution < 1.29 is 26.8 Å². The summed E-state index contributed by atoms with van der Waals surface area (Å²) in [5, 5.41) is 5.37. The van der Waals surface area contributed by atoms with Crippen molar-refractivity contribution in [1.82, 2.24) is 19.9 Å². The standard InChI is InChI=1S/C29H39ClF2N8O4S/c30-25-15-20(29(31,32)19-1-3-22(4-2-19)36-28(42)35-10-9-33)16-26(37-25)38-11-13-39(14-12-38)45(43,44)24-7-5-23(6-8-24)40-18-21(34)17-27(40)41/h5-8,15-16,19,21-22H,1-4,9-14,17-18,33-34H2,(H2,35,36,42)/t19?,21-,22?/m1/s1. The van der Waals surface area contributed by atoms with Crippen molar-refractivity contribution in [2.75, 3.05) is 55.6 Å². The molecule has 3 aliphatic rings. The van der Waals surface area contributed by atoms with E-state index < -0.39 is 21.9 Å². The summed E-state index contributed by atoms with van der Waals surface area (Å²) in [7, 11) is -3.83. The van der Waals surface area contributed by atoms with Crippen LogP contribution in [0.25, 0.3) is 0 Å². The highest BCUT2D eigenvalue weighted by atomic mass is 35.5. The topological polar surface area (TPSA) is 167 Å². The number of halogens is 3. The number of rotatable bonds is 9. The predicted molar refractivity (Wildman–Crippen MR) is 167 cm³/mol. The average molecular weight is 669 g/mol. The van der Waals surface area contributed by atoms with Gasteiger partial charge in [0.15, 0.2) is 0 Å². The molecule has 0 spiro atoms. The van der Waals surface area contributed by atoms with E-state index in [1.165, 1.54) is 28.6 Å². The normalized spacial score (nSPS) is 23.3. The minimum Gasteiger partial charge on any atom is -0.354 e. The molecule has 0 radical (unpaired) electrons. The Bertz CT molecular complexity index is 1480. The number of nitrogens with two attached hydrogens (primary N) is 2. The summed E-state index contributed by atoms with van der Waals surface area (Å²) in [6.07, 6.45) is 1.55. The fraction of sp³-hybridized carbons (Fsp3) is 0.552. The Morgan fingerprint density at radius 3 is 2.33 bits per heavy atom. The van der Waals surface area contributed by atoms with Crippen molar-refractivity contribution in [3.63, 3.8) is 0 Å². The van der Waals surface area contributed by atoms with E-state index in [1.807, 2.05) is 0 Å². The highest BCUT2D eigenvalue weighted by Gasteiger charge is 2.44. The maximum atomic E-state index is 15.8. The highest BCUT2D eigenvalue weighted by Crippen LogP contribution is 2.45. The smallest absolute Gasteiger partial charge is 0.315 e. The lowest BCUT2D eigenvalue weighted by Crippen LogP contribution is -2.49. The van der Waals surface area contributed by atoms with Crippen LogP contribution in [0.1, 0.15) is 37.7 Å². The predicted octanol–water partition coefficient (Wildman–Crippen LogP) is 2.22.